The molecule has 0 unspecified atom stereocenters. The van der Waals surface area contributed by atoms with Gasteiger partial charge in [-0.25, -0.2) is 0 Å². The third-order valence-corrected chi connectivity index (χ3v) is 2.33. The highest BCUT2D eigenvalue weighted by molar-refractivity contribution is 6.17. The molecule has 1 aromatic rings. The maximum Gasteiger partial charge on any atom is 0.221 e. The SMILES string of the molecule is ClCCC1(c2ccccc2)N=NN=N1. The van der Waals surface area contributed by atoms with Crippen LogP contribution < -0.4 is 0 Å². The van der Waals surface area contributed by atoms with Gasteiger partial charge >= 0.3 is 0 Å². The quantitative estimate of drug-likeness (QED) is 0.685. The smallest absolute Gasteiger partial charge is 0.130 e. The molecule has 0 fully saturated rings. The van der Waals surface area contributed by atoms with Crippen molar-refractivity contribution >= 4 is 11.6 Å². The summed E-state index contributed by atoms with van der Waals surface area (Å²) in [7, 11) is 0. The topological polar surface area (TPSA) is 49.4 Å². The molecule has 0 aliphatic carbocycles. The Bertz CT molecular complexity index is 348. The molecular weight excluding hydrogens is 200 g/mol. The second-order valence-corrected chi connectivity index (χ2v) is 3.38. The molecule has 72 valence electrons. The average Bonchev–Trinajstić information content (AvgIpc) is 2.70. The van der Waals surface area contributed by atoms with Gasteiger partial charge in [0.25, 0.3) is 0 Å². The highest BCUT2D eigenvalue weighted by Gasteiger charge is 2.34. The molecule has 1 aliphatic rings. The fourth-order valence-corrected chi connectivity index (χ4v) is 1.67. The van der Waals surface area contributed by atoms with Crippen molar-refractivity contribution in [3.8, 4) is 0 Å². The summed E-state index contributed by atoms with van der Waals surface area (Å²) in [5, 5.41) is 15.2. The standard InChI is InChI=1S/C9H9ClN4/c10-7-6-9(11-13-14-12-9)8-4-2-1-3-5-8/h1-5H,6-7H2. The van der Waals surface area contributed by atoms with E-state index in [0.717, 1.165) is 5.56 Å². The largest absolute Gasteiger partial charge is 0.221 e. The zero-order valence-corrected chi connectivity index (χ0v) is 8.22. The van der Waals surface area contributed by atoms with Crippen LogP contribution in [0.15, 0.2) is 51.0 Å². The fraction of sp³-hybridized carbons (Fsp3) is 0.333. The van der Waals surface area contributed by atoms with E-state index in [0.29, 0.717) is 12.3 Å². The monoisotopic (exact) mass is 208 g/mol. The van der Waals surface area contributed by atoms with E-state index in [1.807, 2.05) is 30.3 Å². The molecule has 5 heteroatoms. The number of hydrogen-bond donors (Lipinski definition) is 0. The van der Waals surface area contributed by atoms with E-state index in [-0.39, 0.29) is 0 Å². The third kappa shape index (κ3) is 1.53. The van der Waals surface area contributed by atoms with E-state index >= 15 is 0 Å². The van der Waals surface area contributed by atoms with E-state index in [9.17, 15) is 0 Å². The number of halogens is 1. The van der Waals surface area contributed by atoms with Crippen LogP contribution in [0.2, 0.25) is 0 Å². The molecule has 1 aromatic carbocycles. The van der Waals surface area contributed by atoms with Gasteiger partial charge in [0.2, 0.25) is 5.66 Å². The predicted octanol–water partition coefficient (Wildman–Crippen LogP) is 3.30. The first-order valence-electron chi connectivity index (χ1n) is 4.33. The Morgan fingerprint density at radius 1 is 1.07 bits per heavy atom. The Balaban J connectivity index is 2.37. The van der Waals surface area contributed by atoms with E-state index in [1.54, 1.807) is 0 Å². The predicted molar refractivity (Wildman–Crippen MR) is 53.2 cm³/mol. The van der Waals surface area contributed by atoms with Gasteiger partial charge in [-0.15, -0.1) is 21.8 Å². The average molecular weight is 209 g/mol. The molecule has 0 spiro atoms. The molecule has 1 heterocycles. The van der Waals surface area contributed by atoms with Crippen LogP contribution in [-0.4, -0.2) is 5.88 Å². The number of rotatable bonds is 3. The van der Waals surface area contributed by atoms with Gasteiger partial charge in [-0.2, -0.15) is 0 Å². The first-order chi connectivity index (χ1) is 6.87. The zero-order valence-electron chi connectivity index (χ0n) is 7.47. The highest BCUT2D eigenvalue weighted by atomic mass is 35.5. The molecule has 0 N–H and O–H groups in total. The van der Waals surface area contributed by atoms with E-state index < -0.39 is 5.66 Å². The molecule has 1 aliphatic heterocycles. The van der Waals surface area contributed by atoms with Gasteiger partial charge in [0.05, 0.1) is 0 Å². The summed E-state index contributed by atoms with van der Waals surface area (Å²) in [6, 6.07) is 9.73. The molecule has 0 amide bonds. The summed E-state index contributed by atoms with van der Waals surface area (Å²) < 4.78 is 0. The Labute approximate surface area is 86.7 Å². The lowest BCUT2D eigenvalue weighted by Crippen LogP contribution is -2.19. The molecule has 0 radical (unpaired) electrons. The van der Waals surface area contributed by atoms with Gasteiger partial charge in [-0.05, 0) is 10.4 Å². The lowest BCUT2D eigenvalue weighted by molar-refractivity contribution is 0.450. The second-order valence-electron chi connectivity index (χ2n) is 3.00. The van der Waals surface area contributed by atoms with Gasteiger partial charge in [-0.1, -0.05) is 30.3 Å². The van der Waals surface area contributed by atoms with E-state index in [1.165, 1.54) is 0 Å². The summed E-state index contributed by atoms with van der Waals surface area (Å²) >= 11 is 5.72. The van der Waals surface area contributed by atoms with Crippen LogP contribution >= 0.6 is 11.6 Å². The van der Waals surface area contributed by atoms with Crippen molar-refractivity contribution in [1.29, 1.82) is 0 Å². The van der Waals surface area contributed by atoms with Gasteiger partial charge in [0.15, 0.2) is 0 Å². The lowest BCUT2D eigenvalue weighted by Gasteiger charge is -2.18. The fourth-order valence-electron chi connectivity index (χ4n) is 1.40. The Kier molecular flexibility index (Phi) is 2.54. The third-order valence-electron chi connectivity index (χ3n) is 2.14. The lowest BCUT2D eigenvalue weighted by atomic mass is 9.99. The summed E-state index contributed by atoms with van der Waals surface area (Å²) in [6.45, 7) is 0. The maximum absolute atomic E-state index is 5.72. The van der Waals surface area contributed by atoms with Crippen LogP contribution in [0.3, 0.4) is 0 Å². The minimum absolute atomic E-state index is 0.479. The van der Waals surface area contributed by atoms with Crippen LogP contribution in [0.25, 0.3) is 0 Å². The molecule has 4 nitrogen and oxygen atoms in total. The normalized spacial score (nSPS) is 17.5. The van der Waals surface area contributed by atoms with Crippen molar-refractivity contribution in [2.75, 3.05) is 5.88 Å². The molecule has 0 bridgehead atoms. The maximum atomic E-state index is 5.72. The van der Waals surface area contributed by atoms with Crippen molar-refractivity contribution in [3.63, 3.8) is 0 Å². The first kappa shape index (κ1) is 9.27. The van der Waals surface area contributed by atoms with Crippen molar-refractivity contribution in [1.82, 2.24) is 0 Å². The Morgan fingerprint density at radius 3 is 2.29 bits per heavy atom. The van der Waals surface area contributed by atoms with E-state index in [2.05, 4.69) is 20.7 Å². The minimum atomic E-state index is -0.678. The van der Waals surface area contributed by atoms with Gasteiger partial charge in [0, 0.05) is 17.9 Å². The number of benzene rings is 1. The van der Waals surface area contributed by atoms with Gasteiger partial charge < -0.3 is 0 Å². The minimum Gasteiger partial charge on any atom is -0.130 e. The summed E-state index contributed by atoms with van der Waals surface area (Å²) in [6.07, 6.45) is 0.617. The van der Waals surface area contributed by atoms with Crippen LogP contribution in [0.1, 0.15) is 12.0 Å². The highest BCUT2D eigenvalue weighted by Crippen LogP contribution is 2.35. The molecule has 0 saturated carbocycles. The van der Waals surface area contributed by atoms with Crippen molar-refractivity contribution in [2.24, 2.45) is 20.7 Å². The molecule has 0 saturated heterocycles. The van der Waals surface area contributed by atoms with E-state index in [4.69, 9.17) is 11.6 Å². The van der Waals surface area contributed by atoms with Crippen LogP contribution in [0, 0.1) is 0 Å². The van der Waals surface area contributed by atoms with Crippen LogP contribution in [0.5, 0.6) is 0 Å². The molecule has 14 heavy (non-hydrogen) atoms. The summed E-state index contributed by atoms with van der Waals surface area (Å²) in [5.74, 6) is 0.479. The van der Waals surface area contributed by atoms with Crippen LogP contribution in [-0.2, 0) is 5.66 Å². The van der Waals surface area contributed by atoms with Crippen molar-refractivity contribution in [2.45, 2.75) is 12.1 Å². The van der Waals surface area contributed by atoms with Gasteiger partial charge in [0.1, 0.15) is 0 Å². The summed E-state index contributed by atoms with van der Waals surface area (Å²) in [4.78, 5) is 0. The Hall–Kier alpha value is -1.29. The number of nitrogens with zero attached hydrogens (tertiary/aromatic N) is 4. The zero-order chi connectivity index (χ0) is 9.86. The number of alkyl halides is 1. The molecule has 2 rings (SSSR count). The van der Waals surface area contributed by atoms with Crippen molar-refractivity contribution in [3.05, 3.63) is 35.9 Å². The van der Waals surface area contributed by atoms with Gasteiger partial charge in [-0.3, -0.25) is 0 Å². The number of hydrogen-bond acceptors (Lipinski definition) is 4. The van der Waals surface area contributed by atoms with Crippen molar-refractivity contribution < 1.29 is 0 Å². The first-order valence-corrected chi connectivity index (χ1v) is 4.86. The molecular formula is C9H9ClN4. The molecule has 0 atom stereocenters. The second kappa shape index (κ2) is 3.84. The van der Waals surface area contributed by atoms with Crippen LogP contribution in [0.4, 0.5) is 0 Å². The Morgan fingerprint density at radius 2 is 1.71 bits per heavy atom. The molecule has 0 aromatic heterocycles. The summed E-state index contributed by atoms with van der Waals surface area (Å²) in [5.41, 5.74) is 0.300.